The third-order valence-corrected chi connectivity index (χ3v) is 7.45. The predicted octanol–water partition coefficient (Wildman–Crippen LogP) is 3.50. The molecule has 0 aromatic rings. The van der Waals surface area contributed by atoms with Crippen LogP contribution >= 0.6 is 0 Å². The van der Waals surface area contributed by atoms with Crippen LogP contribution in [0.4, 0.5) is 0 Å². The second kappa shape index (κ2) is 6.41. The van der Waals surface area contributed by atoms with Gasteiger partial charge in [0, 0.05) is 12.6 Å². The smallest absolute Gasteiger partial charge is 0.0897 e. The highest BCUT2D eigenvalue weighted by molar-refractivity contribution is 5.11. The van der Waals surface area contributed by atoms with Crippen LogP contribution in [0.2, 0.25) is 0 Å². The average molecular weight is 309 g/mol. The van der Waals surface area contributed by atoms with E-state index in [1.807, 2.05) is 0 Å². The zero-order chi connectivity index (χ0) is 15.8. The summed E-state index contributed by atoms with van der Waals surface area (Å²) in [6.45, 7) is 8.39. The molecule has 3 fully saturated rings. The SMILES string of the molecule is CC1(C)[C@H]2CC[C@@]1(C)[C@H](OC[C@@H](O)CNC1CCCCC1)C2. The number of aliphatic hydroxyl groups excluding tert-OH is 1. The van der Waals surface area contributed by atoms with Gasteiger partial charge in [-0.25, -0.2) is 0 Å². The van der Waals surface area contributed by atoms with Crippen molar-refractivity contribution in [1.82, 2.24) is 5.32 Å². The zero-order valence-corrected chi connectivity index (χ0v) is 14.7. The molecule has 3 saturated carbocycles. The maximum absolute atomic E-state index is 10.2. The third-order valence-electron chi connectivity index (χ3n) is 7.45. The molecule has 3 rings (SSSR count). The second-order valence-electron chi connectivity index (χ2n) is 8.83. The van der Waals surface area contributed by atoms with Gasteiger partial charge in [0.2, 0.25) is 0 Å². The Morgan fingerprint density at radius 1 is 1.14 bits per heavy atom. The van der Waals surface area contributed by atoms with Crippen LogP contribution in [0, 0.1) is 16.7 Å². The molecule has 0 heterocycles. The van der Waals surface area contributed by atoms with Gasteiger partial charge in [0.1, 0.15) is 0 Å². The molecule has 0 spiro atoms. The zero-order valence-electron chi connectivity index (χ0n) is 14.7. The average Bonchev–Trinajstić information content (AvgIpc) is 2.85. The second-order valence-corrected chi connectivity index (χ2v) is 8.83. The van der Waals surface area contributed by atoms with Crippen LogP contribution in [-0.2, 0) is 4.74 Å². The Labute approximate surface area is 136 Å². The largest absolute Gasteiger partial charge is 0.389 e. The van der Waals surface area contributed by atoms with Gasteiger partial charge >= 0.3 is 0 Å². The molecule has 0 aromatic heterocycles. The first-order valence-corrected chi connectivity index (χ1v) is 9.46. The van der Waals surface area contributed by atoms with Gasteiger partial charge in [0.15, 0.2) is 0 Å². The lowest BCUT2D eigenvalue weighted by atomic mass is 9.70. The van der Waals surface area contributed by atoms with E-state index in [9.17, 15) is 5.11 Å². The maximum atomic E-state index is 10.2. The van der Waals surface area contributed by atoms with Crippen LogP contribution in [0.5, 0.6) is 0 Å². The molecule has 3 nitrogen and oxygen atoms in total. The van der Waals surface area contributed by atoms with E-state index in [-0.39, 0.29) is 6.10 Å². The van der Waals surface area contributed by atoms with E-state index >= 15 is 0 Å². The first kappa shape index (κ1) is 16.7. The minimum absolute atomic E-state index is 0.300. The van der Waals surface area contributed by atoms with Crippen molar-refractivity contribution in [2.45, 2.75) is 90.4 Å². The lowest BCUT2D eigenvalue weighted by Crippen LogP contribution is -2.41. The highest BCUT2D eigenvalue weighted by Crippen LogP contribution is 2.66. The van der Waals surface area contributed by atoms with Crippen LogP contribution in [-0.4, -0.2) is 36.5 Å². The monoisotopic (exact) mass is 309 g/mol. The van der Waals surface area contributed by atoms with Gasteiger partial charge in [-0.15, -0.1) is 0 Å². The summed E-state index contributed by atoms with van der Waals surface area (Å²) in [5.74, 6) is 0.806. The van der Waals surface area contributed by atoms with Crippen molar-refractivity contribution in [3.63, 3.8) is 0 Å². The number of hydrogen-bond acceptors (Lipinski definition) is 3. The van der Waals surface area contributed by atoms with E-state index in [4.69, 9.17) is 4.74 Å². The Morgan fingerprint density at radius 2 is 1.86 bits per heavy atom. The van der Waals surface area contributed by atoms with E-state index in [2.05, 4.69) is 26.1 Å². The van der Waals surface area contributed by atoms with Crippen LogP contribution in [0.15, 0.2) is 0 Å². The fourth-order valence-corrected chi connectivity index (χ4v) is 5.28. The molecule has 0 radical (unpaired) electrons. The van der Waals surface area contributed by atoms with E-state index in [1.54, 1.807) is 0 Å². The number of hydrogen-bond donors (Lipinski definition) is 2. The molecular weight excluding hydrogens is 274 g/mol. The molecule has 0 amide bonds. The fraction of sp³-hybridized carbons (Fsp3) is 1.00. The van der Waals surface area contributed by atoms with Crippen LogP contribution in [0.3, 0.4) is 0 Å². The Balaban J connectivity index is 1.41. The first-order chi connectivity index (χ1) is 10.4. The quantitative estimate of drug-likeness (QED) is 0.789. The standard InChI is InChI=1S/C19H35NO2/c1-18(2)14-9-10-19(18,3)17(11-14)22-13-16(21)12-20-15-7-5-4-6-8-15/h14-17,20-21H,4-13H2,1-3H3/t14-,16-,17+,19-/m0/s1. The van der Waals surface area contributed by atoms with Gasteiger partial charge in [-0.3, -0.25) is 0 Å². The molecule has 4 atom stereocenters. The van der Waals surface area contributed by atoms with Crippen molar-refractivity contribution in [1.29, 1.82) is 0 Å². The topological polar surface area (TPSA) is 41.5 Å². The molecule has 3 aliphatic rings. The molecule has 3 aliphatic carbocycles. The van der Waals surface area contributed by atoms with E-state index in [1.165, 1.54) is 51.4 Å². The Kier molecular flexibility index (Phi) is 4.87. The molecule has 0 aliphatic heterocycles. The molecule has 128 valence electrons. The highest BCUT2D eigenvalue weighted by Gasteiger charge is 2.61. The molecule has 2 bridgehead atoms. The summed E-state index contributed by atoms with van der Waals surface area (Å²) in [5, 5.41) is 13.8. The normalized spacial score (nSPS) is 39.3. The Bertz CT molecular complexity index is 378. The Hall–Kier alpha value is -0.120. The van der Waals surface area contributed by atoms with Gasteiger partial charge in [-0.2, -0.15) is 0 Å². The molecular formula is C19H35NO2. The van der Waals surface area contributed by atoms with Crippen molar-refractivity contribution >= 4 is 0 Å². The van der Waals surface area contributed by atoms with Gasteiger partial charge in [0.05, 0.1) is 18.8 Å². The van der Waals surface area contributed by atoms with Crippen LogP contribution in [0.25, 0.3) is 0 Å². The van der Waals surface area contributed by atoms with Gasteiger partial charge < -0.3 is 15.2 Å². The van der Waals surface area contributed by atoms with Gasteiger partial charge in [-0.1, -0.05) is 40.0 Å². The summed E-state index contributed by atoms with van der Waals surface area (Å²) in [6.07, 6.45) is 10.4. The van der Waals surface area contributed by atoms with Crippen LogP contribution in [0.1, 0.15) is 72.1 Å². The van der Waals surface area contributed by atoms with Crippen molar-refractivity contribution < 1.29 is 9.84 Å². The molecule has 0 aromatic carbocycles. The predicted molar refractivity (Wildman–Crippen MR) is 89.9 cm³/mol. The van der Waals surface area contributed by atoms with Crippen molar-refractivity contribution in [3.05, 3.63) is 0 Å². The summed E-state index contributed by atoms with van der Waals surface area (Å²) in [7, 11) is 0. The fourth-order valence-electron chi connectivity index (χ4n) is 5.28. The Morgan fingerprint density at radius 3 is 2.45 bits per heavy atom. The maximum Gasteiger partial charge on any atom is 0.0897 e. The van der Waals surface area contributed by atoms with Gasteiger partial charge in [0.25, 0.3) is 0 Å². The van der Waals surface area contributed by atoms with Crippen LogP contribution < -0.4 is 5.32 Å². The van der Waals surface area contributed by atoms with E-state index < -0.39 is 0 Å². The first-order valence-electron chi connectivity index (χ1n) is 9.46. The van der Waals surface area contributed by atoms with Crippen molar-refractivity contribution in [2.24, 2.45) is 16.7 Å². The third kappa shape index (κ3) is 2.97. The summed E-state index contributed by atoms with van der Waals surface area (Å²) < 4.78 is 6.19. The van der Waals surface area contributed by atoms with E-state index in [0.717, 1.165) is 5.92 Å². The summed E-state index contributed by atoms with van der Waals surface area (Å²) in [5.41, 5.74) is 0.692. The molecule has 0 unspecified atom stereocenters. The molecule has 2 N–H and O–H groups in total. The number of aliphatic hydroxyl groups is 1. The van der Waals surface area contributed by atoms with Crippen molar-refractivity contribution in [2.75, 3.05) is 13.2 Å². The summed E-state index contributed by atoms with van der Waals surface area (Å²) in [6, 6.07) is 0.613. The number of ether oxygens (including phenoxy) is 1. The van der Waals surface area contributed by atoms with Crippen molar-refractivity contribution in [3.8, 4) is 0 Å². The molecule has 22 heavy (non-hydrogen) atoms. The summed E-state index contributed by atoms with van der Waals surface area (Å²) >= 11 is 0. The molecule has 0 saturated heterocycles. The minimum atomic E-state index is -0.368. The number of nitrogens with one attached hydrogen (secondary N) is 1. The lowest BCUT2D eigenvalue weighted by molar-refractivity contribution is -0.0745. The number of rotatable bonds is 6. The molecule has 3 heteroatoms. The summed E-state index contributed by atoms with van der Waals surface area (Å²) in [4.78, 5) is 0. The van der Waals surface area contributed by atoms with E-state index in [0.29, 0.717) is 36.1 Å². The minimum Gasteiger partial charge on any atom is -0.389 e. The highest BCUT2D eigenvalue weighted by atomic mass is 16.5. The van der Waals surface area contributed by atoms with Gasteiger partial charge in [-0.05, 0) is 48.9 Å². The number of fused-ring (bicyclic) bond motifs is 2. The lowest BCUT2D eigenvalue weighted by Gasteiger charge is -2.39.